The van der Waals surface area contributed by atoms with Crippen LogP contribution in [0, 0.1) is 23.7 Å². The fourth-order valence-corrected chi connectivity index (χ4v) is 4.05. The Bertz CT molecular complexity index is 609. The maximum atomic E-state index is 12.4. The number of benzene rings is 1. The summed E-state index contributed by atoms with van der Waals surface area (Å²) in [4.78, 5) is 36.4. The third-order valence-corrected chi connectivity index (χ3v) is 5.10. The molecule has 0 unspecified atom stereocenters. The lowest BCUT2D eigenvalue weighted by atomic mass is 9.79. The molecule has 2 bridgehead atoms. The molecule has 5 heteroatoms. The van der Waals surface area contributed by atoms with Crippen molar-refractivity contribution in [1.82, 2.24) is 0 Å². The number of carbonyl (C=O) groups is 3. The zero-order valence-electron chi connectivity index (χ0n) is 13.1. The van der Waals surface area contributed by atoms with E-state index in [1.54, 1.807) is 24.3 Å². The van der Waals surface area contributed by atoms with Gasteiger partial charge < -0.3 is 9.47 Å². The average Bonchev–Trinajstić information content (AvgIpc) is 3.20. The molecule has 122 valence electrons. The summed E-state index contributed by atoms with van der Waals surface area (Å²) in [5, 5.41) is 0. The van der Waals surface area contributed by atoms with Crippen LogP contribution < -0.4 is 0 Å². The Balaban J connectivity index is 1.63. The van der Waals surface area contributed by atoms with Gasteiger partial charge in [0.25, 0.3) is 0 Å². The highest BCUT2D eigenvalue weighted by Gasteiger charge is 2.55. The lowest BCUT2D eigenvalue weighted by Gasteiger charge is -2.27. The number of ether oxygens (including phenoxy) is 2. The summed E-state index contributed by atoms with van der Waals surface area (Å²) in [6, 6.07) is 8.71. The van der Waals surface area contributed by atoms with Crippen LogP contribution in [0.2, 0.25) is 0 Å². The number of hydrogen-bond donors (Lipinski definition) is 0. The van der Waals surface area contributed by atoms with Crippen LogP contribution in [0.15, 0.2) is 30.3 Å². The fraction of sp³-hybridized carbons (Fsp3) is 0.500. The van der Waals surface area contributed by atoms with Gasteiger partial charge in [0.15, 0.2) is 12.4 Å². The smallest absolute Gasteiger partial charge is 0.310 e. The largest absolute Gasteiger partial charge is 0.469 e. The van der Waals surface area contributed by atoms with Gasteiger partial charge in [0.2, 0.25) is 0 Å². The highest BCUT2D eigenvalue weighted by Crippen LogP contribution is 2.53. The van der Waals surface area contributed by atoms with Crippen molar-refractivity contribution in [2.45, 2.75) is 19.3 Å². The van der Waals surface area contributed by atoms with E-state index in [4.69, 9.17) is 9.47 Å². The lowest BCUT2D eigenvalue weighted by Crippen LogP contribution is -2.37. The first-order valence-corrected chi connectivity index (χ1v) is 7.94. The Morgan fingerprint density at radius 2 is 1.61 bits per heavy atom. The second kappa shape index (κ2) is 6.52. The van der Waals surface area contributed by atoms with E-state index in [-0.39, 0.29) is 30.2 Å². The van der Waals surface area contributed by atoms with Crippen molar-refractivity contribution in [3.8, 4) is 0 Å². The molecule has 1 aromatic carbocycles. The quantitative estimate of drug-likeness (QED) is 0.615. The van der Waals surface area contributed by atoms with Gasteiger partial charge >= 0.3 is 11.9 Å². The maximum Gasteiger partial charge on any atom is 0.310 e. The summed E-state index contributed by atoms with van der Waals surface area (Å²) < 4.78 is 10.1. The Labute approximate surface area is 135 Å². The number of ketones is 1. The second-order valence-corrected chi connectivity index (χ2v) is 6.30. The highest BCUT2D eigenvalue weighted by molar-refractivity contribution is 5.98. The van der Waals surface area contributed by atoms with Gasteiger partial charge in [-0.3, -0.25) is 14.4 Å². The molecule has 2 aliphatic rings. The summed E-state index contributed by atoms with van der Waals surface area (Å²) in [7, 11) is 1.34. The summed E-state index contributed by atoms with van der Waals surface area (Å²) in [6.45, 7) is -0.287. The van der Waals surface area contributed by atoms with Gasteiger partial charge in [-0.1, -0.05) is 30.3 Å². The van der Waals surface area contributed by atoms with Crippen LogP contribution in [-0.4, -0.2) is 31.4 Å². The molecule has 0 aromatic heterocycles. The molecule has 0 heterocycles. The number of hydrogen-bond acceptors (Lipinski definition) is 5. The van der Waals surface area contributed by atoms with Crippen molar-refractivity contribution >= 4 is 17.7 Å². The number of esters is 2. The molecule has 2 fully saturated rings. The highest BCUT2D eigenvalue weighted by atomic mass is 16.5. The molecule has 0 N–H and O–H groups in total. The zero-order valence-corrected chi connectivity index (χ0v) is 13.1. The fourth-order valence-electron chi connectivity index (χ4n) is 4.05. The average molecular weight is 316 g/mol. The minimum Gasteiger partial charge on any atom is -0.469 e. The van der Waals surface area contributed by atoms with E-state index in [0.29, 0.717) is 5.56 Å². The molecule has 2 saturated carbocycles. The third-order valence-electron chi connectivity index (χ3n) is 5.10. The van der Waals surface area contributed by atoms with Crippen LogP contribution in [0.4, 0.5) is 0 Å². The van der Waals surface area contributed by atoms with Crippen LogP contribution in [0.3, 0.4) is 0 Å². The molecular weight excluding hydrogens is 296 g/mol. The topological polar surface area (TPSA) is 69.7 Å². The first-order chi connectivity index (χ1) is 11.1. The zero-order chi connectivity index (χ0) is 16.4. The second-order valence-electron chi connectivity index (χ2n) is 6.30. The molecule has 0 radical (unpaired) electrons. The van der Waals surface area contributed by atoms with Crippen molar-refractivity contribution in [3.63, 3.8) is 0 Å². The van der Waals surface area contributed by atoms with Crippen LogP contribution in [0.25, 0.3) is 0 Å². The van der Waals surface area contributed by atoms with E-state index < -0.39 is 17.8 Å². The Hall–Kier alpha value is -2.17. The number of fused-ring (bicyclic) bond motifs is 2. The molecule has 4 atom stereocenters. The number of rotatable bonds is 5. The summed E-state index contributed by atoms with van der Waals surface area (Å²) >= 11 is 0. The van der Waals surface area contributed by atoms with Crippen LogP contribution >= 0.6 is 0 Å². The molecular formula is C18H20O5. The van der Waals surface area contributed by atoms with Crippen molar-refractivity contribution in [1.29, 1.82) is 0 Å². The van der Waals surface area contributed by atoms with Gasteiger partial charge in [-0.2, -0.15) is 0 Å². The van der Waals surface area contributed by atoms with Crippen LogP contribution in [0.5, 0.6) is 0 Å². The predicted octanol–water partition coefficient (Wildman–Crippen LogP) is 2.25. The van der Waals surface area contributed by atoms with Crippen molar-refractivity contribution in [2.75, 3.05) is 13.7 Å². The molecule has 0 spiro atoms. The van der Waals surface area contributed by atoms with Crippen LogP contribution in [0.1, 0.15) is 29.6 Å². The van der Waals surface area contributed by atoms with Gasteiger partial charge in [-0.15, -0.1) is 0 Å². The van der Waals surface area contributed by atoms with Gasteiger partial charge in [0, 0.05) is 5.56 Å². The minimum atomic E-state index is -0.468. The number of Topliss-reactive ketones (excluding diaryl/α,β-unsaturated/α-hetero) is 1. The standard InChI is InChI=1S/C18H20O5/c1-22-17(20)15-12-7-8-13(9-12)16(15)18(21)23-10-14(19)11-5-3-2-4-6-11/h2-6,12-13,15-16H,7-10H2,1H3/t12-,13+,15-,16+/m1/s1. The van der Waals surface area contributed by atoms with E-state index in [9.17, 15) is 14.4 Å². The van der Waals surface area contributed by atoms with Crippen molar-refractivity contribution < 1.29 is 23.9 Å². The summed E-state index contributed by atoms with van der Waals surface area (Å²) in [5.41, 5.74) is 0.512. The maximum absolute atomic E-state index is 12.4. The van der Waals surface area contributed by atoms with E-state index in [2.05, 4.69) is 0 Å². The molecule has 0 saturated heterocycles. The van der Waals surface area contributed by atoms with E-state index in [0.717, 1.165) is 19.3 Å². The van der Waals surface area contributed by atoms with E-state index >= 15 is 0 Å². The molecule has 5 nitrogen and oxygen atoms in total. The Morgan fingerprint density at radius 1 is 1.00 bits per heavy atom. The molecule has 0 amide bonds. The molecule has 23 heavy (non-hydrogen) atoms. The lowest BCUT2D eigenvalue weighted by molar-refractivity contribution is -0.161. The first kappa shape index (κ1) is 15.7. The minimum absolute atomic E-state index is 0.170. The Kier molecular flexibility index (Phi) is 4.46. The van der Waals surface area contributed by atoms with Gasteiger partial charge in [-0.05, 0) is 31.1 Å². The summed E-state index contributed by atoms with van der Waals surface area (Å²) in [6.07, 6.45) is 2.76. The van der Waals surface area contributed by atoms with Gasteiger partial charge in [0.05, 0.1) is 18.9 Å². The van der Waals surface area contributed by atoms with E-state index in [1.807, 2.05) is 6.07 Å². The molecule has 1 aromatic rings. The van der Waals surface area contributed by atoms with Crippen molar-refractivity contribution in [3.05, 3.63) is 35.9 Å². The number of methoxy groups -OCH3 is 1. The van der Waals surface area contributed by atoms with Crippen molar-refractivity contribution in [2.24, 2.45) is 23.7 Å². The third kappa shape index (κ3) is 3.00. The monoisotopic (exact) mass is 316 g/mol. The Morgan fingerprint density at radius 3 is 2.22 bits per heavy atom. The predicted molar refractivity (Wildman–Crippen MR) is 81.6 cm³/mol. The first-order valence-electron chi connectivity index (χ1n) is 7.94. The molecule has 0 aliphatic heterocycles. The van der Waals surface area contributed by atoms with Gasteiger partial charge in [0.1, 0.15) is 0 Å². The van der Waals surface area contributed by atoms with E-state index in [1.165, 1.54) is 7.11 Å². The molecule has 2 aliphatic carbocycles. The molecule has 3 rings (SSSR count). The SMILES string of the molecule is COC(=O)[C@@H]1[C@@H]2CC[C@@H](C2)[C@@H]1C(=O)OCC(=O)c1ccccc1. The normalized spacial score (nSPS) is 28.4. The van der Waals surface area contributed by atoms with Crippen LogP contribution in [-0.2, 0) is 19.1 Å². The number of carbonyl (C=O) groups excluding carboxylic acids is 3. The van der Waals surface area contributed by atoms with Gasteiger partial charge in [-0.25, -0.2) is 0 Å². The summed E-state index contributed by atoms with van der Waals surface area (Å²) in [5.74, 6) is -1.54.